The first kappa shape index (κ1) is 42.2. The lowest BCUT2D eigenvalue weighted by molar-refractivity contribution is 0.591. The highest BCUT2D eigenvalue weighted by Gasteiger charge is 2.44. The molecule has 2 aliphatic heterocycles. The molecule has 0 unspecified atom stereocenters. The van der Waals surface area contributed by atoms with Crippen LogP contribution in [0.4, 0.5) is 17.1 Å². The van der Waals surface area contributed by atoms with Crippen molar-refractivity contribution in [2.24, 2.45) is 0 Å². The maximum atomic E-state index is 2.67. The molecule has 14 aromatic rings. The van der Waals surface area contributed by atoms with E-state index >= 15 is 0 Å². The van der Waals surface area contributed by atoms with Gasteiger partial charge in [-0.15, -0.1) is 0 Å². The average Bonchev–Trinajstić information content (AvgIpc) is 4.27. The van der Waals surface area contributed by atoms with Crippen molar-refractivity contribution in [1.82, 2.24) is 13.7 Å². The van der Waals surface area contributed by atoms with Gasteiger partial charge in [-0.2, -0.15) is 0 Å². The van der Waals surface area contributed by atoms with E-state index in [-0.39, 0.29) is 12.1 Å². The molecule has 0 N–H and O–H groups in total. The van der Waals surface area contributed by atoms with E-state index in [1.807, 2.05) is 0 Å². The summed E-state index contributed by atoms with van der Waals surface area (Å²) in [6.07, 6.45) is 0. The molecule has 0 atom stereocenters. The summed E-state index contributed by atoms with van der Waals surface area (Å²) in [5, 5.41) is 7.48. The zero-order valence-electron chi connectivity index (χ0n) is 42.0. The first-order valence-corrected chi connectivity index (χ1v) is 26.3. The number of hydrogen-bond donors (Lipinski definition) is 0. The molecule has 352 valence electrons. The molecule has 75 heavy (non-hydrogen) atoms. The number of aromatic nitrogens is 3. The third kappa shape index (κ3) is 5.95. The van der Waals surface area contributed by atoms with Gasteiger partial charge in [0.1, 0.15) is 0 Å². The van der Waals surface area contributed by atoms with Crippen LogP contribution in [0, 0.1) is 0 Å². The predicted molar refractivity (Wildman–Crippen MR) is 318 cm³/mol. The molecule has 0 bridgehead atoms. The number of benzene rings is 11. The molecular weight excluding hydrogens is 908 g/mol. The number of hydrogen-bond acceptors (Lipinski definition) is 1. The summed E-state index contributed by atoms with van der Waals surface area (Å²) in [6, 6.07) is 91.0. The molecule has 0 saturated heterocycles. The Kier molecular flexibility index (Phi) is 8.78. The monoisotopic (exact) mass is 956 g/mol. The molecule has 4 nitrogen and oxygen atoms in total. The highest BCUT2D eigenvalue weighted by molar-refractivity contribution is 7.00. The quantitative estimate of drug-likeness (QED) is 0.157. The van der Waals surface area contributed by atoms with Crippen molar-refractivity contribution in [2.45, 2.75) is 26.2 Å². The second-order valence-electron chi connectivity index (χ2n) is 21.7. The number of para-hydroxylation sites is 5. The predicted octanol–water partition coefficient (Wildman–Crippen LogP) is 16.2. The van der Waals surface area contributed by atoms with E-state index in [1.54, 1.807) is 0 Å². The number of rotatable bonds is 5. The SMILES string of the molecule is CC(C)(C)c1cc(-c2ccccc2)c(N2c3cc4c5ccccc5n(-c5ccccc5)c4cc3B3c4c2cccc4-n2c4cc5c6ccccc6n(-c6ccccc6)c5cc4c4cccc3c42)c(-c2ccccc2)c1. The Hall–Kier alpha value is -9.32. The van der Waals surface area contributed by atoms with Crippen molar-refractivity contribution in [3.05, 3.63) is 248 Å². The van der Waals surface area contributed by atoms with Crippen LogP contribution in [0.15, 0.2) is 243 Å². The third-order valence-electron chi connectivity index (χ3n) is 16.5. The van der Waals surface area contributed by atoms with Gasteiger partial charge in [-0.05, 0) is 123 Å². The maximum absolute atomic E-state index is 2.67. The number of fused-ring (bicyclic) bond motifs is 13. The Morgan fingerprint density at radius 3 is 1.39 bits per heavy atom. The molecular formula is C70H49BN4. The normalized spacial score (nSPS) is 12.9. The second kappa shape index (κ2) is 15.6. The topological polar surface area (TPSA) is 18.0 Å². The van der Waals surface area contributed by atoms with Crippen LogP contribution in [0.1, 0.15) is 26.3 Å². The first-order chi connectivity index (χ1) is 36.9. The zero-order chi connectivity index (χ0) is 49.7. The Bertz CT molecular complexity index is 4610. The molecule has 0 aliphatic carbocycles. The maximum Gasteiger partial charge on any atom is 0.252 e. The molecule has 5 heterocycles. The minimum absolute atomic E-state index is 0.0720. The van der Waals surface area contributed by atoms with Crippen molar-refractivity contribution in [3.63, 3.8) is 0 Å². The van der Waals surface area contributed by atoms with Crippen molar-refractivity contribution in [2.75, 3.05) is 4.90 Å². The van der Waals surface area contributed by atoms with Crippen LogP contribution in [-0.4, -0.2) is 20.4 Å². The van der Waals surface area contributed by atoms with Crippen molar-refractivity contribution in [3.8, 4) is 39.3 Å². The van der Waals surface area contributed by atoms with E-state index in [4.69, 9.17) is 0 Å². The minimum Gasteiger partial charge on any atom is -0.310 e. The molecule has 0 saturated carbocycles. The molecule has 0 radical (unpaired) electrons. The van der Waals surface area contributed by atoms with E-state index in [2.05, 4.69) is 282 Å². The fourth-order valence-electron chi connectivity index (χ4n) is 13.3. The Morgan fingerprint density at radius 2 is 0.800 bits per heavy atom. The van der Waals surface area contributed by atoms with Crippen LogP contribution in [0.3, 0.4) is 0 Å². The molecule has 0 spiro atoms. The zero-order valence-corrected chi connectivity index (χ0v) is 42.0. The molecule has 0 amide bonds. The van der Waals surface area contributed by atoms with Gasteiger partial charge in [-0.25, -0.2) is 0 Å². The van der Waals surface area contributed by atoms with E-state index in [0.29, 0.717) is 0 Å². The van der Waals surface area contributed by atoms with Gasteiger partial charge in [0.2, 0.25) is 0 Å². The van der Waals surface area contributed by atoms with Gasteiger partial charge >= 0.3 is 0 Å². The molecule has 0 fully saturated rings. The van der Waals surface area contributed by atoms with Crippen molar-refractivity contribution < 1.29 is 0 Å². The van der Waals surface area contributed by atoms with Crippen LogP contribution in [0.25, 0.3) is 105 Å². The fraction of sp³-hybridized carbons (Fsp3) is 0.0571. The molecule has 2 aliphatic rings. The number of anilines is 3. The largest absolute Gasteiger partial charge is 0.310 e. The van der Waals surface area contributed by atoms with E-state index in [1.165, 1.54) is 132 Å². The first-order valence-electron chi connectivity index (χ1n) is 26.3. The van der Waals surface area contributed by atoms with E-state index in [9.17, 15) is 0 Å². The van der Waals surface area contributed by atoms with Crippen LogP contribution < -0.4 is 21.3 Å². The summed E-state index contributed by atoms with van der Waals surface area (Å²) in [4.78, 5) is 2.67. The van der Waals surface area contributed by atoms with Gasteiger partial charge in [0.05, 0.1) is 33.3 Å². The van der Waals surface area contributed by atoms with Gasteiger partial charge in [0.15, 0.2) is 0 Å². The standard InChI is InChI=1S/C70H49BN4/c1-70(2,3)46-38-52(44-22-8-4-9-23-44)68(53(39-46)45-24-10-5-11-25-45)75-62-37-21-36-61-67(62)71(58-43-65-55(42-66(58)75)50-31-17-19-35-60(50)73(65)48-28-14-7-15-29-48)57-33-20-32-51-56-41-63-54(40-64(56)74(61)69(51)57)49-30-16-18-34-59(49)72(63)47-26-12-6-13-27-47/h4-43H,1-3H3. The van der Waals surface area contributed by atoms with Gasteiger partial charge < -0.3 is 18.6 Å². The highest BCUT2D eigenvalue weighted by Crippen LogP contribution is 2.51. The third-order valence-corrected chi connectivity index (χ3v) is 16.5. The average molecular weight is 957 g/mol. The van der Waals surface area contributed by atoms with Gasteiger partial charge in [-0.3, -0.25) is 0 Å². The lowest BCUT2D eigenvalue weighted by Crippen LogP contribution is -2.60. The van der Waals surface area contributed by atoms with Crippen LogP contribution in [0.2, 0.25) is 0 Å². The van der Waals surface area contributed by atoms with Crippen LogP contribution in [0.5, 0.6) is 0 Å². The van der Waals surface area contributed by atoms with Gasteiger partial charge in [0, 0.05) is 77.4 Å². The summed E-state index contributed by atoms with van der Waals surface area (Å²) in [5.74, 6) is 0. The Labute approximate surface area is 435 Å². The lowest BCUT2D eigenvalue weighted by Gasteiger charge is -2.42. The van der Waals surface area contributed by atoms with Crippen LogP contribution >= 0.6 is 0 Å². The molecule has 11 aromatic carbocycles. The summed E-state index contributed by atoms with van der Waals surface area (Å²) in [5.41, 5.74) is 24.3. The highest BCUT2D eigenvalue weighted by atomic mass is 15.2. The second-order valence-corrected chi connectivity index (χ2v) is 21.7. The van der Waals surface area contributed by atoms with Gasteiger partial charge in [0.25, 0.3) is 6.71 Å². The van der Waals surface area contributed by atoms with Crippen LogP contribution in [-0.2, 0) is 5.41 Å². The molecule has 16 rings (SSSR count). The minimum atomic E-state index is -0.114. The van der Waals surface area contributed by atoms with Gasteiger partial charge in [-0.1, -0.05) is 178 Å². The van der Waals surface area contributed by atoms with Crippen molar-refractivity contribution in [1.29, 1.82) is 0 Å². The molecule has 5 heteroatoms. The Balaban J connectivity index is 1.08. The lowest BCUT2D eigenvalue weighted by atomic mass is 9.33. The summed E-state index contributed by atoms with van der Waals surface area (Å²) in [7, 11) is 0. The fourth-order valence-corrected chi connectivity index (χ4v) is 13.3. The summed E-state index contributed by atoms with van der Waals surface area (Å²) in [6.45, 7) is 6.95. The van der Waals surface area contributed by atoms with E-state index in [0.717, 1.165) is 11.4 Å². The summed E-state index contributed by atoms with van der Waals surface area (Å²) < 4.78 is 7.55. The summed E-state index contributed by atoms with van der Waals surface area (Å²) >= 11 is 0. The van der Waals surface area contributed by atoms with E-state index < -0.39 is 0 Å². The molecule has 3 aromatic heterocycles. The Morgan fingerprint density at radius 1 is 0.333 bits per heavy atom. The smallest absolute Gasteiger partial charge is 0.252 e. The number of nitrogens with zero attached hydrogens (tertiary/aromatic N) is 4. The van der Waals surface area contributed by atoms with Crippen molar-refractivity contribution >= 4 is 106 Å².